The van der Waals surface area contributed by atoms with Gasteiger partial charge in [-0.3, -0.25) is 0 Å². The zero-order valence-electron chi connectivity index (χ0n) is 12.7. The van der Waals surface area contributed by atoms with Gasteiger partial charge in [-0.2, -0.15) is 0 Å². The molecule has 2 rings (SSSR count). The van der Waals surface area contributed by atoms with Crippen molar-refractivity contribution in [2.45, 2.75) is 19.9 Å². The normalized spacial score (nSPS) is 12.1. The van der Waals surface area contributed by atoms with E-state index in [1.54, 1.807) is 6.92 Å². The Balaban J connectivity index is 2.28. The van der Waals surface area contributed by atoms with Crippen molar-refractivity contribution in [3.8, 4) is 0 Å². The van der Waals surface area contributed by atoms with Crippen molar-refractivity contribution in [1.82, 2.24) is 0 Å². The quantitative estimate of drug-likeness (QED) is 0.891. The molecule has 21 heavy (non-hydrogen) atoms. The summed E-state index contributed by atoms with van der Waals surface area (Å²) in [6.45, 7) is 3.77. The van der Waals surface area contributed by atoms with Crippen LogP contribution >= 0.6 is 0 Å². The molecule has 0 saturated carbocycles. The number of halogens is 2. The van der Waals surface area contributed by atoms with Crippen LogP contribution in [0.4, 0.5) is 20.2 Å². The van der Waals surface area contributed by atoms with Crippen LogP contribution in [0.1, 0.15) is 24.1 Å². The number of nitrogens with one attached hydrogen (secondary N) is 1. The van der Waals surface area contributed by atoms with Crippen molar-refractivity contribution >= 4 is 11.4 Å². The Labute approximate surface area is 124 Å². The molecular formula is C17H20F2N2. The average molecular weight is 290 g/mol. The van der Waals surface area contributed by atoms with Gasteiger partial charge in [0.25, 0.3) is 0 Å². The fraction of sp³-hybridized carbons (Fsp3) is 0.294. The van der Waals surface area contributed by atoms with Gasteiger partial charge in [0.1, 0.15) is 11.6 Å². The first-order valence-electron chi connectivity index (χ1n) is 6.88. The highest BCUT2D eigenvalue weighted by molar-refractivity contribution is 5.62. The van der Waals surface area contributed by atoms with Gasteiger partial charge in [0, 0.05) is 31.0 Å². The van der Waals surface area contributed by atoms with Gasteiger partial charge in [0.15, 0.2) is 0 Å². The Hall–Kier alpha value is -2.10. The Kier molecular flexibility index (Phi) is 4.46. The van der Waals surface area contributed by atoms with Crippen molar-refractivity contribution in [2.75, 3.05) is 24.3 Å². The highest BCUT2D eigenvalue weighted by atomic mass is 19.1. The van der Waals surface area contributed by atoms with E-state index in [0.29, 0.717) is 0 Å². The van der Waals surface area contributed by atoms with Gasteiger partial charge in [-0.15, -0.1) is 0 Å². The molecule has 0 bridgehead atoms. The number of anilines is 2. The summed E-state index contributed by atoms with van der Waals surface area (Å²) in [7, 11) is 3.93. The van der Waals surface area contributed by atoms with Gasteiger partial charge in [0.05, 0.1) is 6.04 Å². The Bertz CT molecular complexity index is 618. The van der Waals surface area contributed by atoms with E-state index in [1.807, 2.05) is 44.1 Å². The average Bonchev–Trinajstić information content (AvgIpc) is 2.40. The van der Waals surface area contributed by atoms with E-state index in [9.17, 15) is 8.78 Å². The molecule has 1 N–H and O–H groups in total. The van der Waals surface area contributed by atoms with E-state index in [-0.39, 0.29) is 5.56 Å². The Morgan fingerprint density at radius 2 is 1.67 bits per heavy atom. The summed E-state index contributed by atoms with van der Waals surface area (Å²) in [5.41, 5.74) is 3.11. The van der Waals surface area contributed by atoms with Crippen LogP contribution in [0.2, 0.25) is 0 Å². The first-order chi connectivity index (χ1) is 9.90. The van der Waals surface area contributed by atoms with Gasteiger partial charge in [-0.25, -0.2) is 8.78 Å². The molecule has 2 aromatic rings. The number of hydrogen-bond donors (Lipinski definition) is 1. The summed E-state index contributed by atoms with van der Waals surface area (Å²) in [6.07, 6.45) is 0. The van der Waals surface area contributed by atoms with Gasteiger partial charge >= 0.3 is 0 Å². The van der Waals surface area contributed by atoms with Gasteiger partial charge in [-0.05, 0) is 43.7 Å². The second-order valence-electron chi connectivity index (χ2n) is 5.40. The largest absolute Gasteiger partial charge is 0.378 e. The molecule has 2 nitrogen and oxygen atoms in total. The number of aryl methyl sites for hydroxylation is 1. The predicted molar refractivity (Wildman–Crippen MR) is 83.9 cm³/mol. The topological polar surface area (TPSA) is 15.3 Å². The maximum Gasteiger partial charge on any atom is 0.131 e. The van der Waals surface area contributed by atoms with Crippen LogP contribution in [0.3, 0.4) is 0 Å². The molecule has 0 heterocycles. The van der Waals surface area contributed by atoms with Gasteiger partial charge in [0.2, 0.25) is 0 Å². The minimum atomic E-state index is -0.532. The fourth-order valence-electron chi connectivity index (χ4n) is 2.43. The second kappa shape index (κ2) is 6.12. The van der Waals surface area contributed by atoms with Crippen LogP contribution < -0.4 is 10.2 Å². The molecule has 1 atom stereocenters. The summed E-state index contributed by atoms with van der Waals surface area (Å²) in [5.74, 6) is -1.06. The molecule has 0 saturated heterocycles. The highest BCUT2D eigenvalue weighted by Gasteiger charge is 2.16. The lowest BCUT2D eigenvalue weighted by Crippen LogP contribution is -2.13. The maximum absolute atomic E-state index is 13.8. The molecule has 2 aromatic carbocycles. The fourth-order valence-corrected chi connectivity index (χ4v) is 2.43. The van der Waals surface area contributed by atoms with Crippen molar-refractivity contribution < 1.29 is 8.78 Å². The molecule has 0 aliphatic heterocycles. The Morgan fingerprint density at radius 3 is 2.24 bits per heavy atom. The van der Waals surface area contributed by atoms with Gasteiger partial charge in [-0.1, -0.05) is 12.1 Å². The smallest absolute Gasteiger partial charge is 0.131 e. The lowest BCUT2D eigenvalue weighted by Gasteiger charge is -2.20. The highest BCUT2D eigenvalue weighted by Crippen LogP contribution is 2.27. The molecule has 0 aliphatic rings. The molecule has 1 unspecified atom stereocenters. The number of nitrogens with zero attached hydrogens (tertiary/aromatic N) is 1. The van der Waals surface area contributed by atoms with Gasteiger partial charge < -0.3 is 10.2 Å². The molecule has 4 heteroatoms. The van der Waals surface area contributed by atoms with Crippen molar-refractivity contribution in [1.29, 1.82) is 0 Å². The third kappa shape index (κ3) is 3.32. The number of benzene rings is 2. The molecule has 0 radical (unpaired) electrons. The maximum atomic E-state index is 13.8. The van der Waals surface area contributed by atoms with Crippen molar-refractivity contribution in [3.05, 3.63) is 59.2 Å². The van der Waals surface area contributed by atoms with E-state index in [1.165, 1.54) is 18.2 Å². The SMILES string of the molecule is Cc1ccc(NC(C)c2c(F)cccc2F)cc1N(C)C. The molecule has 112 valence electrons. The van der Waals surface area contributed by atoms with E-state index in [4.69, 9.17) is 0 Å². The summed E-state index contributed by atoms with van der Waals surface area (Å²) in [4.78, 5) is 2.01. The van der Waals surface area contributed by atoms with Crippen LogP contribution in [0.15, 0.2) is 36.4 Å². The second-order valence-corrected chi connectivity index (χ2v) is 5.40. The molecule has 0 amide bonds. The molecule has 0 spiro atoms. The monoisotopic (exact) mass is 290 g/mol. The van der Waals surface area contributed by atoms with Crippen LogP contribution in [0.5, 0.6) is 0 Å². The molecule has 0 aromatic heterocycles. The summed E-state index contributed by atoms with van der Waals surface area (Å²) in [6, 6.07) is 9.35. The van der Waals surface area contributed by atoms with Crippen LogP contribution in [0.25, 0.3) is 0 Å². The third-order valence-corrected chi connectivity index (χ3v) is 3.51. The summed E-state index contributed by atoms with van der Waals surface area (Å²) < 4.78 is 27.6. The van der Waals surface area contributed by atoms with E-state index >= 15 is 0 Å². The number of hydrogen-bond acceptors (Lipinski definition) is 2. The molecular weight excluding hydrogens is 270 g/mol. The molecule has 0 fully saturated rings. The zero-order valence-corrected chi connectivity index (χ0v) is 12.7. The lowest BCUT2D eigenvalue weighted by atomic mass is 10.1. The summed E-state index contributed by atoms with van der Waals surface area (Å²) >= 11 is 0. The standard InChI is InChI=1S/C17H20F2N2/c1-11-8-9-13(10-16(11)21(3)4)20-12(2)17-14(18)6-5-7-15(17)19/h5-10,12,20H,1-4H3. The van der Waals surface area contributed by atoms with Crippen LogP contribution in [-0.2, 0) is 0 Å². The first kappa shape index (κ1) is 15.3. The molecule has 0 aliphatic carbocycles. The van der Waals surface area contributed by atoms with E-state index in [2.05, 4.69) is 5.32 Å². The third-order valence-electron chi connectivity index (χ3n) is 3.51. The minimum absolute atomic E-state index is 0.0597. The van der Waals surface area contributed by atoms with Crippen molar-refractivity contribution in [2.24, 2.45) is 0 Å². The zero-order chi connectivity index (χ0) is 15.6. The Morgan fingerprint density at radius 1 is 1.05 bits per heavy atom. The van der Waals surface area contributed by atoms with E-state index in [0.717, 1.165) is 16.9 Å². The van der Waals surface area contributed by atoms with Crippen LogP contribution in [-0.4, -0.2) is 14.1 Å². The van der Waals surface area contributed by atoms with Crippen molar-refractivity contribution in [3.63, 3.8) is 0 Å². The van der Waals surface area contributed by atoms with E-state index < -0.39 is 17.7 Å². The summed E-state index contributed by atoms with van der Waals surface area (Å²) in [5, 5.41) is 3.16. The first-order valence-corrected chi connectivity index (χ1v) is 6.88. The predicted octanol–water partition coefficient (Wildman–Crippen LogP) is 4.51. The van der Waals surface area contributed by atoms with Crippen LogP contribution in [0, 0.1) is 18.6 Å². The minimum Gasteiger partial charge on any atom is -0.378 e. The lowest BCUT2D eigenvalue weighted by molar-refractivity contribution is 0.544. The number of rotatable bonds is 4.